The Kier molecular flexibility index (Phi) is 4.77. The second-order valence-electron chi connectivity index (χ2n) is 7.29. The summed E-state index contributed by atoms with van der Waals surface area (Å²) in [5.41, 5.74) is 5.83. The zero-order valence-corrected chi connectivity index (χ0v) is 16.6. The van der Waals surface area contributed by atoms with Gasteiger partial charge in [0, 0.05) is 6.54 Å². The fourth-order valence-corrected chi connectivity index (χ4v) is 3.73. The average Bonchev–Trinajstić information content (AvgIpc) is 3.19. The summed E-state index contributed by atoms with van der Waals surface area (Å²) in [4.78, 5) is 20.5. The predicted octanol–water partition coefficient (Wildman–Crippen LogP) is 5.51. The molecule has 0 saturated carbocycles. The van der Waals surface area contributed by atoms with Crippen LogP contribution in [0.5, 0.6) is 0 Å². The van der Waals surface area contributed by atoms with Gasteiger partial charge in [-0.15, -0.1) is 0 Å². The van der Waals surface area contributed by atoms with E-state index in [2.05, 4.69) is 45.9 Å². The summed E-state index contributed by atoms with van der Waals surface area (Å²) < 4.78 is 2.08. The molecule has 0 spiro atoms. The van der Waals surface area contributed by atoms with Crippen LogP contribution in [0.4, 0.5) is 0 Å². The number of carboxylic acids is 1. The summed E-state index contributed by atoms with van der Waals surface area (Å²) in [5.74, 6) is -0.405. The Morgan fingerprint density at radius 2 is 1.45 bits per heavy atom. The van der Waals surface area contributed by atoms with Crippen molar-refractivity contribution in [2.75, 3.05) is 0 Å². The SMILES string of the molecule is O=C(O)c1cccc(-c2nc3ccccc3n2Cc2ccc(-c3ccccc3)cc2)n1. The van der Waals surface area contributed by atoms with Gasteiger partial charge < -0.3 is 9.67 Å². The highest BCUT2D eigenvalue weighted by Gasteiger charge is 2.15. The molecule has 0 aliphatic rings. The number of pyridine rings is 1. The van der Waals surface area contributed by atoms with Crippen molar-refractivity contribution in [2.24, 2.45) is 0 Å². The van der Waals surface area contributed by atoms with Crippen LogP contribution in [0, 0.1) is 0 Å². The molecule has 5 aromatic rings. The molecule has 0 amide bonds. The fourth-order valence-electron chi connectivity index (χ4n) is 3.73. The van der Waals surface area contributed by atoms with Crippen LogP contribution in [-0.4, -0.2) is 25.6 Å². The minimum atomic E-state index is -1.05. The van der Waals surface area contributed by atoms with E-state index >= 15 is 0 Å². The van der Waals surface area contributed by atoms with E-state index in [0.717, 1.165) is 22.2 Å². The number of hydrogen-bond donors (Lipinski definition) is 1. The van der Waals surface area contributed by atoms with E-state index in [0.29, 0.717) is 18.1 Å². The first-order chi connectivity index (χ1) is 15.2. The summed E-state index contributed by atoms with van der Waals surface area (Å²) in [6.07, 6.45) is 0. The van der Waals surface area contributed by atoms with Crippen molar-refractivity contribution in [3.8, 4) is 22.6 Å². The predicted molar refractivity (Wildman–Crippen MR) is 121 cm³/mol. The van der Waals surface area contributed by atoms with Gasteiger partial charge in [-0.25, -0.2) is 14.8 Å². The van der Waals surface area contributed by atoms with Gasteiger partial charge in [0.05, 0.1) is 11.0 Å². The van der Waals surface area contributed by atoms with Crippen molar-refractivity contribution in [2.45, 2.75) is 6.54 Å². The topological polar surface area (TPSA) is 68.0 Å². The molecule has 0 radical (unpaired) electrons. The Morgan fingerprint density at radius 3 is 2.23 bits per heavy atom. The number of benzene rings is 3. The van der Waals surface area contributed by atoms with Gasteiger partial charge in [0.2, 0.25) is 0 Å². The molecule has 3 aromatic carbocycles. The van der Waals surface area contributed by atoms with Crippen molar-refractivity contribution in [1.82, 2.24) is 14.5 Å². The summed E-state index contributed by atoms with van der Waals surface area (Å²) in [6, 6.07) is 31.6. The van der Waals surface area contributed by atoms with Crippen molar-refractivity contribution in [3.05, 3.63) is 108 Å². The van der Waals surface area contributed by atoms with Crippen molar-refractivity contribution >= 4 is 17.0 Å². The molecule has 2 aromatic heterocycles. The first-order valence-electron chi connectivity index (χ1n) is 9.99. The molecule has 0 saturated heterocycles. The van der Waals surface area contributed by atoms with Crippen LogP contribution in [0.15, 0.2) is 97.1 Å². The fraction of sp³-hybridized carbons (Fsp3) is 0.0385. The Balaban J connectivity index is 1.56. The van der Waals surface area contributed by atoms with E-state index in [4.69, 9.17) is 4.98 Å². The molecule has 0 atom stereocenters. The highest BCUT2D eigenvalue weighted by Crippen LogP contribution is 2.26. The van der Waals surface area contributed by atoms with Crippen molar-refractivity contribution in [3.63, 3.8) is 0 Å². The van der Waals surface area contributed by atoms with Crippen LogP contribution >= 0.6 is 0 Å². The van der Waals surface area contributed by atoms with E-state index in [1.54, 1.807) is 12.1 Å². The average molecular weight is 405 g/mol. The van der Waals surface area contributed by atoms with Crippen LogP contribution in [0.2, 0.25) is 0 Å². The molecule has 0 aliphatic heterocycles. The number of para-hydroxylation sites is 2. The van der Waals surface area contributed by atoms with Crippen LogP contribution in [0.1, 0.15) is 16.1 Å². The minimum absolute atomic E-state index is 0.00307. The zero-order chi connectivity index (χ0) is 21.2. The highest BCUT2D eigenvalue weighted by molar-refractivity contribution is 5.86. The molecule has 1 N–H and O–H groups in total. The Labute approximate surface area is 179 Å². The molecule has 0 unspecified atom stereocenters. The van der Waals surface area contributed by atoms with Gasteiger partial charge >= 0.3 is 5.97 Å². The summed E-state index contributed by atoms with van der Waals surface area (Å²) >= 11 is 0. The molecule has 150 valence electrons. The number of hydrogen-bond acceptors (Lipinski definition) is 3. The normalized spacial score (nSPS) is 11.0. The van der Waals surface area contributed by atoms with E-state index in [1.165, 1.54) is 11.6 Å². The van der Waals surface area contributed by atoms with Gasteiger partial charge in [-0.05, 0) is 41.0 Å². The number of aromatic nitrogens is 3. The highest BCUT2D eigenvalue weighted by atomic mass is 16.4. The quantitative estimate of drug-likeness (QED) is 0.418. The van der Waals surface area contributed by atoms with Crippen LogP contribution < -0.4 is 0 Å². The number of aromatic carboxylic acids is 1. The van der Waals surface area contributed by atoms with Gasteiger partial charge in [-0.1, -0.05) is 72.8 Å². The number of fused-ring (bicyclic) bond motifs is 1. The Bertz CT molecular complexity index is 1370. The number of imidazole rings is 1. The van der Waals surface area contributed by atoms with Crippen LogP contribution in [0.3, 0.4) is 0 Å². The van der Waals surface area contributed by atoms with E-state index in [-0.39, 0.29) is 5.69 Å². The van der Waals surface area contributed by atoms with E-state index in [9.17, 15) is 9.90 Å². The standard InChI is InChI=1S/C26H19N3O2/c30-26(31)23-11-6-10-22(27-23)25-28-21-9-4-5-12-24(21)29(25)17-18-13-15-20(16-14-18)19-7-2-1-3-8-19/h1-16H,17H2,(H,30,31). The molecule has 0 bridgehead atoms. The monoisotopic (exact) mass is 405 g/mol. The number of carbonyl (C=O) groups is 1. The third-order valence-corrected chi connectivity index (χ3v) is 5.25. The summed E-state index contributed by atoms with van der Waals surface area (Å²) in [5, 5.41) is 9.33. The smallest absolute Gasteiger partial charge is 0.354 e. The molecular weight excluding hydrogens is 386 g/mol. The lowest BCUT2D eigenvalue weighted by molar-refractivity contribution is 0.0690. The number of nitrogens with zero attached hydrogens (tertiary/aromatic N) is 3. The second kappa shape index (κ2) is 7.88. The maximum absolute atomic E-state index is 11.4. The molecule has 2 heterocycles. The maximum atomic E-state index is 11.4. The van der Waals surface area contributed by atoms with Crippen molar-refractivity contribution < 1.29 is 9.90 Å². The van der Waals surface area contributed by atoms with Crippen LogP contribution in [0.25, 0.3) is 33.7 Å². The van der Waals surface area contributed by atoms with Gasteiger partial charge in [-0.3, -0.25) is 0 Å². The lowest BCUT2D eigenvalue weighted by Crippen LogP contribution is -2.05. The van der Waals surface area contributed by atoms with E-state index < -0.39 is 5.97 Å². The first kappa shape index (κ1) is 18.8. The maximum Gasteiger partial charge on any atom is 0.354 e. The lowest BCUT2D eigenvalue weighted by Gasteiger charge is -2.10. The number of rotatable bonds is 5. The molecule has 5 heteroatoms. The molecular formula is C26H19N3O2. The van der Waals surface area contributed by atoms with Gasteiger partial charge in [0.25, 0.3) is 0 Å². The third kappa shape index (κ3) is 3.69. The Morgan fingerprint density at radius 1 is 0.742 bits per heavy atom. The number of carboxylic acid groups (broad SMARTS) is 1. The van der Waals surface area contributed by atoms with Crippen molar-refractivity contribution in [1.29, 1.82) is 0 Å². The van der Waals surface area contributed by atoms with E-state index in [1.807, 2.05) is 42.5 Å². The largest absolute Gasteiger partial charge is 0.477 e. The summed E-state index contributed by atoms with van der Waals surface area (Å²) in [7, 11) is 0. The molecule has 31 heavy (non-hydrogen) atoms. The van der Waals surface area contributed by atoms with Gasteiger partial charge in [-0.2, -0.15) is 0 Å². The minimum Gasteiger partial charge on any atom is -0.477 e. The molecule has 5 nitrogen and oxygen atoms in total. The molecule has 5 rings (SSSR count). The third-order valence-electron chi connectivity index (χ3n) is 5.25. The lowest BCUT2D eigenvalue weighted by atomic mass is 10.0. The Hall–Kier alpha value is -4.25. The molecule has 0 aliphatic carbocycles. The second-order valence-corrected chi connectivity index (χ2v) is 7.29. The van der Waals surface area contributed by atoms with Crippen LogP contribution in [-0.2, 0) is 6.54 Å². The molecule has 0 fully saturated rings. The first-order valence-corrected chi connectivity index (χ1v) is 9.99. The summed E-state index contributed by atoms with van der Waals surface area (Å²) in [6.45, 7) is 0.601. The van der Waals surface area contributed by atoms with Gasteiger partial charge in [0.1, 0.15) is 11.4 Å². The van der Waals surface area contributed by atoms with Gasteiger partial charge in [0.15, 0.2) is 5.82 Å². The zero-order valence-electron chi connectivity index (χ0n) is 16.6.